The molecule has 0 bridgehead atoms. The molecule has 3 rings (SSSR count). The van der Waals surface area contributed by atoms with E-state index in [1.165, 1.54) is 11.1 Å². The Labute approximate surface area is 146 Å². The van der Waals surface area contributed by atoms with E-state index < -0.39 is 10.8 Å². The van der Waals surface area contributed by atoms with Crippen LogP contribution in [-0.2, 0) is 16.6 Å². The number of aryl methyl sites for hydroxylation is 1. The van der Waals surface area contributed by atoms with Gasteiger partial charge in [0.2, 0.25) is 0 Å². The summed E-state index contributed by atoms with van der Waals surface area (Å²) < 4.78 is 11.4. The lowest BCUT2D eigenvalue weighted by Gasteiger charge is -2.26. The first-order valence-electron chi connectivity index (χ1n) is 8.31. The van der Waals surface area contributed by atoms with Gasteiger partial charge in [-0.3, -0.25) is 9.00 Å². The number of amides is 1. The van der Waals surface area contributed by atoms with Crippen LogP contribution in [0, 0.1) is 6.92 Å². The Morgan fingerprint density at radius 2 is 2.00 bits per heavy atom. The Bertz CT molecular complexity index is 772. The molecule has 0 aliphatic carbocycles. The Balaban J connectivity index is 1.86. The summed E-state index contributed by atoms with van der Waals surface area (Å²) in [5.74, 6) is 0.562. The molecule has 1 saturated heterocycles. The van der Waals surface area contributed by atoms with Gasteiger partial charge >= 0.3 is 0 Å². The molecule has 1 aliphatic rings. The molecule has 2 aromatic rings. The van der Waals surface area contributed by atoms with Crippen molar-refractivity contribution < 1.29 is 9.00 Å². The van der Waals surface area contributed by atoms with Gasteiger partial charge in [0.25, 0.3) is 5.91 Å². The Morgan fingerprint density at radius 1 is 1.21 bits per heavy atom. The second-order valence-corrected chi connectivity index (χ2v) is 7.87. The average Bonchev–Trinajstić information content (AvgIpc) is 3.03. The third-order valence-corrected chi connectivity index (χ3v) is 5.34. The number of nitrogens with zero attached hydrogens (tertiary/aromatic N) is 1. The molecule has 126 valence electrons. The number of likely N-dealkylation sites (tertiary alicyclic amines) is 1. The van der Waals surface area contributed by atoms with E-state index in [-0.39, 0.29) is 11.9 Å². The third kappa shape index (κ3) is 3.59. The Hall–Kier alpha value is -1.94. The molecule has 4 heteroatoms. The molecular formula is C20H23NO2S. The molecule has 0 unspecified atom stereocenters. The highest BCUT2D eigenvalue weighted by molar-refractivity contribution is 7.83. The third-order valence-electron chi connectivity index (χ3n) is 4.60. The minimum atomic E-state index is -0.905. The van der Waals surface area contributed by atoms with E-state index in [0.29, 0.717) is 11.3 Å². The predicted molar refractivity (Wildman–Crippen MR) is 98.4 cm³/mol. The van der Waals surface area contributed by atoms with Gasteiger partial charge in [-0.25, -0.2) is 0 Å². The monoisotopic (exact) mass is 341 g/mol. The normalized spacial score (nSPS) is 18.6. The van der Waals surface area contributed by atoms with Crippen LogP contribution in [0.4, 0.5) is 0 Å². The molecule has 0 saturated carbocycles. The molecule has 2 atom stereocenters. The number of hydrogen-bond acceptors (Lipinski definition) is 2. The fourth-order valence-corrected chi connectivity index (χ4v) is 4.14. The molecule has 0 radical (unpaired) electrons. The molecule has 24 heavy (non-hydrogen) atoms. The van der Waals surface area contributed by atoms with Crippen molar-refractivity contribution in [3.8, 4) is 0 Å². The van der Waals surface area contributed by atoms with Crippen LogP contribution in [0.5, 0.6) is 0 Å². The van der Waals surface area contributed by atoms with E-state index in [1.54, 1.807) is 6.26 Å². The zero-order chi connectivity index (χ0) is 17.1. The fraction of sp³-hybridized carbons (Fsp3) is 0.350. The van der Waals surface area contributed by atoms with E-state index in [0.717, 1.165) is 24.9 Å². The van der Waals surface area contributed by atoms with Gasteiger partial charge in [0.05, 0.1) is 6.04 Å². The van der Waals surface area contributed by atoms with Crippen molar-refractivity contribution in [2.45, 2.75) is 31.6 Å². The van der Waals surface area contributed by atoms with Gasteiger partial charge in [-0.15, -0.1) is 0 Å². The minimum absolute atomic E-state index is 0.0736. The van der Waals surface area contributed by atoms with Crippen molar-refractivity contribution in [3.05, 3.63) is 70.8 Å². The van der Waals surface area contributed by atoms with Crippen molar-refractivity contribution in [3.63, 3.8) is 0 Å². The van der Waals surface area contributed by atoms with Gasteiger partial charge in [-0.1, -0.05) is 36.4 Å². The van der Waals surface area contributed by atoms with Gasteiger partial charge < -0.3 is 4.90 Å². The molecule has 0 spiro atoms. The second-order valence-electron chi connectivity index (χ2n) is 6.43. The van der Waals surface area contributed by atoms with E-state index in [1.807, 2.05) is 41.3 Å². The fourth-order valence-electron chi connectivity index (χ4n) is 3.49. The maximum Gasteiger partial charge on any atom is 0.254 e. The molecule has 1 aliphatic heterocycles. The summed E-state index contributed by atoms with van der Waals surface area (Å²) in [5.41, 5.74) is 4.12. The Kier molecular flexibility index (Phi) is 5.14. The summed E-state index contributed by atoms with van der Waals surface area (Å²) in [7, 11) is -0.905. The predicted octanol–water partition coefficient (Wildman–Crippen LogP) is 3.85. The number of hydrogen-bond donors (Lipinski definition) is 0. The minimum Gasteiger partial charge on any atom is -0.332 e. The quantitative estimate of drug-likeness (QED) is 0.847. The van der Waals surface area contributed by atoms with Crippen LogP contribution in [0.1, 0.15) is 45.9 Å². The zero-order valence-electron chi connectivity index (χ0n) is 14.2. The van der Waals surface area contributed by atoms with Crippen LogP contribution in [0.15, 0.2) is 48.5 Å². The number of rotatable bonds is 4. The largest absolute Gasteiger partial charge is 0.332 e. The van der Waals surface area contributed by atoms with Crippen LogP contribution in [0.25, 0.3) is 0 Å². The van der Waals surface area contributed by atoms with Crippen LogP contribution < -0.4 is 0 Å². The second kappa shape index (κ2) is 7.31. The van der Waals surface area contributed by atoms with Crippen LogP contribution >= 0.6 is 0 Å². The highest BCUT2D eigenvalue weighted by Gasteiger charge is 2.31. The standard InChI is InChI=1S/C20H23NO2S/c1-15-7-3-4-10-18(15)19-11-6-12-21(19)20(22)17-9-5-8-16(13-17)14-24(2)23/h3-5,7-10,13,19H,6,11-12,14H2,1-2H3/t19-,24+/m0/s1. The van der Waals surface area contributed by atoms with Gasteiger partial charge in [-0.2, -0.15) is 0 Å². The molecule has 1 heterocycles. The molecular weight excluding hydrogens is 318 g/mol. The first-order chi connectivity index (χ1) is 11.6. The smallest absolute Gasteiger partial charge is 0.254 e. The van der Waals surface area contributed by atoms with Gasteiger partial charge in [0.15, 0.2) is 0 Å². The average molecular weight is 341 g/mol. The van der Waals surface area contributed by atoms with Crippen LogP contribution in [-0.4, -0.2) is 27.8 Å². The van der Waals surface area contributed by atoms with Gasteiger partial charge in [0.1, 0.15) is 0 Å². The first kappa shape index (κ1) is 16.9. The highest BCUT2D eigenvalue weighted by Crippen LogP contribution is 2.34. The number of benzene rings is 2. The molecule has 3 nitrogen and oxygen atoms in total. The van der Waals surface area contributed by atoms with Crippen molar-refractivity contribution >= 4 is 16.7 Å². The lowest BCUT2D eigenvalue weighted by molar-refractivity contribution is 0.0735. The van der Waals surface area contributed by atoms with Crippen molar-refractivity contribution in [2.24, 2.45) is 0 Å². The van der Waals surface area contributed by atoms with Crippen molar-refractivity contribution in [1.82, 2.24) is 4.90 Å². The van der Waals surface area contributed by atoms with Gasteiger partial charge in [-0.05, 0) is 48.6 Å². The van der Waals surface area contributed by atoms with E-state index in [9.17, 15) is 9.00 Å². The van der Waals surface area contributed by atoms with Crippen molar-refractivity contribution in [1.29, 1.82) is 0 Å². The zero-order valence-corrected chi connectivity index (χ0v) is 15.0. The lowest BCUT2D eigenvalue weighted by atomic mass is 9.99. The SMILES string of the molecule is Cc1ccccc1[C@@H]1CCCN1C(=O)c1cccc(C[S@@](C)=O)c1. The maximum absolute atomic E-state index is 13.0. The summed E-state index contributed by atoms with van der Waals surface area (Å²) in [4.78, 5) is 15.0. The summed E-state index contributed by atoms with van der Waals surface area (Å²) in [6, 6.07) is 16.0. The van der Waals surface area contributed by atoms with Gasteiger partial charge in [0, 0.05) is 34.9 Å². The maximum atomic E-state index is 13.0. The molecule has 1 amide bonds. The topological polar surface area (TPSA) is 37.4 Å². The summed E-state index contributed by atoms with van der Waals surface area (Å²) in [5, 5.41) is 0. The molecule has 0 N–H and O–H groups in total. The van der Waals surface area contributed by atoms with Crippen molar-refractivity contribution in [2.75, 3.05) is 12.8 Å². The number of carbonyl (C=O) groups excluding carboxylic acids is 1. The van der Waals surface area contributed by atoms with E-state index in [4.69, 9.17) is 0 Å². The summed E-state index contributed by atoms with van der Waals surface area (Å²) >= 11 is 0. The van der Waals surface area contributed by atoms with Crippen LogP contribution in [0.3, 0.4) is 0 Å². The lowest BCUT2D eigenvalue weighted by Crippen LogP contribution is -2.31. The van der Waals surface area contributed by atoms with E-state index >= 15 is 0 Å². The number of carbonyl (C=O) groups is 1. The summed E-state index contributed by atoms with van der Waals surface area (Å²) in [6.07, 6.45) is 3.72. The molecule has 1 fully saturated rings. The molecule has 0 aromatic heterocycles. The molecule has 2 aromatic carbocycles. The first-order valence-corrected chi connectivity index (χ1v) is 10.0. The Morgan fingerprint density at radius 3 is 2.75 bits per heavy atom. The van der Waals surface area contributed by atoms with Crippen LogP contribution in [0.2, 0.25) is 0 Å². The summed E-state index contributed by atoms with van der Waals surface area (Å²) in [6.45, 7) is 2.90. The highest BCUT2D eigenvalue weighted by atomic mass is 32.2. The van der Waals surface area contributed by atoms with E-state index in [2.05, 4.69) is 19.1 Å².